The van der Waals surface area contributed by atoms with Crippen LogP contribution in [0.4, 0.5) is 0 Å². The molecular weight excluding hydrogens is 186 g/mol. The summed E-state index contributed by atoms with van der Waals surface area (Å²) in [5.41, 5.74) is 0.861. The summed E-state index contributed by atoms with van der Waals surface area (Å²) in [5, 5.41) is 3.27. The molecule has 2 rings (SSSR count). The van der Waals surface area contributed by atoms with E-state index >= 15 is 0 Å². The topological polar surface area (TPSA) is 29.1 Å². The van der Waals surface area contributed by atoms with Gasteiger partial charge in [0.05, 0.1) is 0 Å². The van der Waals surface area contributed by atoms with Crippen molar-refractivity contribution >= 4 is 5.78 Å². The van der Waals surface area contributed by atoms with Gasteiger partial charge in [-0.25, -0.2) is 0 Å². The Labute approximate surface area is 91.7 Å². The van der Waals surface area contributed by atoms with Crippen LogP contribution in [0.15, 0.2) is 30.3 Å². The fraction of sp³-hybridized carbons (Fsp3) is 0.462. The summed E-state index contributed by atoms with van der Waals surface area (Å²) >= 11 is 0. The van der Waals surface area contributed by atoms with Crippen LogP contribution in [0.2, 0.25) is 0 Å². The molecular formula is C13H19NO. The summed E-state index contributed by atoms with van der Waals surface area (Å²) in [4.78, 5) is 12.0. The van der Waals surface area contributed by atoms with Crippen molar-refractivity contribution in [2.75, 3.05) is 13.1 Å². The molecule has 1 aromatic carbocycles. The molecule has 1 aliphatic heterocycles. The Morgan fingerprint density at radius 1 is 1.13 bits per heavy atom. The smallest absolute Gasteiger partial charge is 0.166 e. The van der Waals surface area contributed by atoms with Crippen LogP contribution >= 0.6 is 0 Å². The van der Waals surface area contributed by atoms with Crippen molar-refractivity contribution in [1.29, 1.82) is 0 Å². The molecule has 1 fully saturated rings. The van der Waals surface area contributed by atoms with Crippen molar-refractivity contribution in [3.63, 3.8) is 0 Å². The maximum absolute atomic E-state index is 12.0. The molecule has 0 aromatic heterocycles. The Bertz CT molecular complexity index is 302. The van der Waals surface area contributed by atoms with E-state index in [0.717, 1.165) is 31.5 Å². The van der Waals surface area contributed by atoms with Crippen LogP contribution in [-0.2, 0) is 0 Å². The van der Waals surface area contributed by atoms with Gasteiger partial charge in [0.25, 0.3) is 0 Å². The summed E-state index contributed by atoms with van der Waals surface area (Å²) < 4.78 is 0. The van der Waals surface area contributed by atoms with Gasteiger partial charge >= 0.3 is 0 Å². The molecule has 15 heavy (non-hydrogen) atoms. The third-order valence-corrected chi connectivity index (χ3v) is 2.77. The first-order chi connectivity index (χ1) is 6.88. The van der Waals surface area contributed by atoms with Gasteiger partial charge in [-0.15, -0.1) is 0 Å². The van der Waals surface area contributed by atoms with Gasteiger partial charge in [0.1, 0.15) is 0 Å². The van der Waals surface area contributed by atoms with Crippen LogP contribution in [0.3, 0.4) is 0 Å². The van der Waals surface area contributed by atoms with Crippen LogP contribution < -0.4 is 5.32 Å². The third kappa shape index (κ3) is 2.90. The molecule has 1 N–H and O–H groups in total. The monoisotopic (exact) mass is 205 g/mol. The van der Waals surface area contributed by atoms with Crippen molar-refractivity contribution in [3.8, 4) is 0 Å². The van der Waals surface area contributed by atoms with E-state index in [2.05, 4.69) is 5.32 Å². The van der Waals surface area contributed by atoms with E-state index < -0.39 is 0 Å². The summed E-state index contributed by atoms with van der Waals surface area (Å²) in [6, 6.07) is 9.61. The molecule has 0 aliphatic carbocycles. The number of benzene rings is 1. The Hall–Kier alpha value is -1.15. The van der Waals surface area contributed by atoms with Gasteiger partial charge in [-0.05, 0) is 25.9 Å². The number of Topliss-reactive ketones (excluding diaryl/α,β-unsaturated/α-hetero) is 1. The zero-order chi connectivity index (χ0) is 9.80. The second-order valence-electron chi connectivity index (χ2n) is 3.75. The Kier molecular flexibility index (Phi) is 4.50. The number of ketones is 1. The van der Waals surface area contributed by atoms with Crippen molar-refractivity contribution in [3.05, 3.63) is 35.9 Å². The SMILES string of the molecule is C.O=C(c1ccccc1)C1CCNCC1. The van der Waals surface area contributed by atoms with Crippen LogP contribution in [0.25, 0.3) is 0 Å². The van der Waals surface area contributed by atoms with Crippen molar-refractivity contribution in [1.82, 2.24) is 5.32 Å². The van der Waals surface area contributed by atoms with Crippen molar-refractivity contribution in [2.24, 2.45) is 5.92 Å². The van der Waals surface area contributed by atoms with Crippen LogP contribution in [0.5, 0.6) is 0 Å². The number of piperidine rings is 1. The number of nitrogens with one attached hydrogen (secondary N) is 1. The van der Waals surface area contributed by atoms with Crippen LogP contribution in [0, 0.1) is 5.92 Å². The van der Waals surface area contributed by atoms with E-state index in [9.17, 15) is 4.79 Å². The first-order valence-corrected chi connectivity index (χ1v) is 5.18. The van der Waals surface area contributed by atoms with Crippen LogP contribution in [0.1, 0.15) is 30.6 Å². The summed E-state index contributed by atoms with van der Waals surface area (Å²) in [6.07, 6.45) is 1.96. The normalized spacial score (nSPS) is 16.8. The minimum absolute atomic E-state index is 0. The molecule has 1 heterocycles. The number of rotatable bonds is 2. The van der Waals surface area contributed by atoms with Crippen molar-refractivity contribution in [2.45, 2.75) is 20.3 Å². The highest BCUT2D eigenvalue weighted by atomic mass is 16.1. The molecule has 0 amide bonds. The van der Waals surface area contributed by atoms with Gasteiger partial charge in [0.15, 0.2) is 5.78 Å². The highest BCUT2D eigenvalue weighted by molar-refractivity contribution is 5.97. The van der Waals surface area contributed by atoms with Gasteiger partial charge in [-0.2, -0.15) is 0 Å². The average molecular weight is 205 g/mol. The highest BCUT2D eigenvalue weighted by Crippen LogP contribution is 2.17. The predicted molar refractivity (Wildman–Crippen MR) is 63.1 cm³/mol. The molecule has 1 aromatic rings. The standard InChI is InChI=1S/C12H15NO.CH4/c14-12(10-4-2-1-3-5-10)11-6-8-13-9-7-11;/h1-5,11,13H,6-9H2;1H4. The lowest BCUT2D eigenvalue weighted by Gasteiger charge is -2.21. The van der Waals surface area contributed by atoms with E-state index in [-0.39, 0.29) is 13.3 Å². The quantitative estimate of drug-likeness (QED) is 0.752. The molecule has 0 saturated carbocycles. The van der Waals surface area contributed by atoms with E-state index in [1.807, 2.05) is 30.3 Å². The fourth-order valence-corrected chi connectivity index (χ4v) is 1.92. The minimum atomic E-state index is 0. The molecule has 0 atom stereocenters. The van der Waals surface area contributed by atoms with Gasteiger partial charge in [0.2, 0.25) is 0 Å². The molecule has 82 valence electrons. The molecule has 2 nitrogen and oxygen atoms in total. The summed E-state index contributed by atoms with van der Waals surface area (Å²) in [7, 11) is 0. The third-order valence-electron chi connectivity index (χ3n) is 2.77. The van der Waals surface area contributed by atoms with Gasteiger partial charge in [0, 0.05) is 11.5 Å². The van der Waals surface area contributed by atoms with E-state index in [1.54, 1.807) is 0 Å². The minimum Gasteiger partial charge on any atom is -0.317 e. The second-order valence-corrected chi connectivity index (χ2v) is 3.75. The number of carbonyl (C=O) groups excluding carboxylic acids is 1. The first kappa shape index (κ1) is 11.9. The van der Waals surface area contributed by atoms with Crippen molar-refractivity contribution < 1.29 is 4.79 Å². The van der Waals surface area contributed by atoms with E-state index in [4.69, 9.17) is 0 Å². The lowest BCUT2D eigenvalue weighted by molar-refractivity contribution is 0.0895. The Balaban J connectivity index is 0.00000112. The van der Waals surface area contributed by atoms with E-state index in [1.165, 1.54) is 0 Å². The maximum Gasteiger partial charge on any atom is 0.166 e. The number of hydrogen-bond acceptors (Lipinski definition) is 2. The molecule has 2 heteroatoms. The first-order valence-electron chi connectivity index (χ1n) is 5.18. The molecule has 1 aliphatic rings. The second kappa shape index (κ2) is 5.66. The molecule has 0 spiro atoms. The average Bonchev–Trinajstić information content (AvgIpc) is 2.30. The Morgan fingerprint density at radius 3 is 2.33 bits per heavy atom. The molecule has 0 radical (unpaired) electrons. The van der Waals surface area contributed by atoms with Gasteiger partial charge < -0.3 is 5.32 Å². The van der Waals surface area contributed by atoms with Gasteiger partial charge in [-0.1, -0.05) is 37.8 Å². The lowest BCUT2D eigenvalue weighted by atomic mass is 9.90. The fourth-order valence-electron chi connectivity index (χ4n) is 1.92. The lowest BCUT2D eigenvalue weighted by Crippen LogP contribution is -2.31. The van der Waals surface area contributed by atoms with Crippen LogP contribution in [-0.4, -0.2) is 18.9 Å². The maximum atomic E-state index is 12.0. The molecule has 0 unspecified atom stereocenters. The molecule has 1 saturated heterocycles. The number of carbonyl (C=O) groups is 1. The highest BCUT2D eigenvalue weighted by Gasteiger charge is 2.21. The zero-order valence-corrected chi connectivity index (χ0v) is 8.20. The zero-order valence-electron chi connectivity index (χ0n) is 8.20. The largest absolute Gasteiger partial charge is 0.317 e. The summed E-state index contributed by atoms with van der Waals surface area (Å²) in [5.74, 6) is 0.547. The van der Waals surface area contributed by atoms with Gasteiger partial charge in [-0.3, -0.25) is 4.79 Å². The van der Waals surface area contributed by atoms with E-state index in [0.29, 0.717) is 5.78 Å². The Morgan fingerprint density at radius 2 is 1.73 bits per heavy atom. The number of hydrogen-bond donors (Lipinski definition) is 1. The summed E-state index contributed by atoms with van der Waals surface area (Å²) in [6.45, 7) is 1.95. The molecule has 0 bridgehead atoms. The predicted octanol–water partition coefficient (Wildman–Crippen LogP) is 2.51.